The molecule has 0 aromatic heterocycles. The van der Waals surface area contributed by atoms with Crippen molar-refractivity contribution >= 4 is 10.8 Å². The highest BCUT2D eigenvalue weighted by Crippen LogP contribution is 2.26. The molecule has 0 aliphatic carbocycles. The van der Waals surface area contributed by atoms with Crippen molar-refractivity contribution < 1.29 is 4.74 Å². The Balaban J connectivity index is 2.56. The van der Waals surface area contributed by atoms with Crippen molar-refractivity contribution in [1.29, 1.82) is 0 Å². The van der Waals surface area contributed by atoms with Crippen LogP contribution in [0.4, 0.5) is 0 Å². The molecule has 0 bridgehead atoms. The summed E-state index contributed by atoms with van der Waals surface area (Å²) < 4.78 is 5.30. The fourth-order valence-electron chi connectivity index (χ4n) is 1.75. The van der Waals surface area contributed by atoms with Crippen LogP contribution in [0.25, 0.3) is 21.2 Å². The Kier molecular flexibility index (Phi) is 3.70. The zero-order chi connectivity index (χ0) is 12.8. The molecule has 0 radical (unpaired) electrons. The maximum Gasteiger partial charge on any atom is 0.135 e. The highest BCUT2D eigenvalue weighted by Gasteiger charge is 2.04. The van der Waals surface area contributed by atoms with Crippen molar-refractivity contribution in [2.45, 2.75) is 0 Å². The van der Waals surface area contributed by atoms with E-state index in [-0.39, 0.29) is 6.54 Å². The van der Waals surface area contributed by atoms with Crippen molar-refractivity contribution in [3.63, 3.8) is 0 Å². The van der Waals surface area contributed by atoms with Crippen LogP contribution in [0.15, 0.2) is 41.5 Å². The molecule has 0 heterocycles. The van der Waals surface area contributed by atoms with Crippen molar-refractivity contribution in [3.05, 3.63) is 52.4 Å². The fourth-order valence-corrected chi connectivity index (χ4v) is 1.75. The Morgan fingerprint density at radius 3 is 2.89 bits per heavy atom. The highest BCUT2D eigenvalue weighted by atomic mass is 16.5. The third-order valence-corrected chi connectivity index (χ3v) is 2.54. The zero-order valence-corrected chi connectivity index (χ0v) is 9.92. The molecule has 2 aromatic carbocycles. The van der Waals surface area contributed by atoms with Crippen molar-refractivity contribution in [3.8, 4) is 17.6 Å². The monoisotopic (exact) mass is 237 g/mol. The Labute approximate surface area is 105 Å². The molecular weight excluding hydrogens is 226 g/mol. The van der Waals surface area contributed by atoms with Gasteiger partial charge in [0.15, 0.2) is 0 Å². The van der Waals surface area contributed by atoms with Gasteiger partial charge < -0.3 is 4.74 Å². The molecule has 0 amide bonds. The van der Waals surface area contributed by atoms with E-state index >= 15 is 0 Å². The Morgan fingerprint density at radius 2 is 2.11 bits per heavy atom. The van der Waals surface area contributed by atoms with Gasteiger partial charge in [0.2, 0.25) is 0 Å². The summed E-state index contributed by atoms with van der Waals surface area (Å²) in [6.07, 6.45) is 0. The van der Waals surface area contributed by atoms with Crippen LogP contribution in [0.5, 0.6) is 5.75 Å². The molecule has 0 atom stereocenters. The van der Waals surface area contributed by atoms with Gasteiger partial charge in [-0.2, -0.15) is 0 Å². The van der Waals surface area contributed by atoms with Crippen LogP contribution >= 0.6 is 0 Å². The second-order valence-electron chi connectivity index (χ2n) is 3.55. The number of hydrogen-bond acceptors (Lipinski definition) is 2. The molecule has 18 heavy (non-hydrogen) atoms. The molecule has 0 unspecified atom stereocenters. The summed E-state index contributed by atoms with van der Waals surface area (Å²) >= 11 is 0. The molecule has 2 aromatic rings. The molecule has 2 rings (SSSR count). The number of benzene rings is 2. The quantitative estimate of drug-likeness (QED) is 0.341. The first-order valence-electron chi connectivity index (χ1n) is 5.42. The molecule has 4 heteroatoms. The summed E-state index contributed by atoms with van der Waals surface area (Å²) in [6.45, 7) is 0.156. The Morgan fingerprint density at radius 1 is 1.28 bits per heavy atom. The van der Waals surface area contributed by atoms with E-state index in [4.69, 9.17) is 10.3 Å². The van der Waals surface area contributed by atoms with Gasteiger partial charge in [-0.05, 0) is 17.0 Å². The van der Waals surface area contributed by atoms with E-state index < -0.39 is 0 Å². The van der Waals surface area contributed by atoms with Gasteiger partial charge >= 0.3 is 0 Å². The standard InChI is InChI=1S/C14H11N3O/c1-18-14-9-8-11-5-2-3-6-12(11)13(14)7-4-10-16-17-15/h2-3,5-6,8-9H,10H2,1H3. The van der Waals surface area contributed by atoms with Gasteiger partial charge in [-0.15, -0.1) is 0 Å². The molecule has 4 nitrogen and oxygen atoms in total. The van der Waals surface area contributed by atoms with E-state index in [1.54, 1.807) is 7.11 Å². The highest BCUT2D eigenvalue weighted by molar-refractivity contribution is 5.90. The molecule has 0 spiro atoms. The molecule has 0 saturated carbocycles. The van der Waals surface area contributed by atoms with Crippen LogP contribution in [-0.2, 0) is 0 Å². The van der Waals surface area contributed by atoms with Crippen LogP contribution in [0, 0.1) is 11.8 Å². The molecule has 0 fully saturated rings. The summed E-state index contributed by atoms with van der Waals surface area (Å²) in [7, 11) is 1.61. The molecule has 0 N–H and O–H groups in total. The number of ether oxygens (including phenoxy) is 1. The van der Waals surface area contributed by atoms with Crippen molar-refractivity contribution in [2.24, 2.45) is 5.11 Å². The van der Waals surface area contributed by atoms with Crippen LogP contribution in [-0.4, -0.2) is 13.7 Å². The average Bonchev–Trinajstić information content (AvgIpc) is 2.43. The molecule has 0 aliphatic rings. The lowest BCUT2D eigenvalue weighted by molar-refractivity contribution is 0.414. The number of azide groups is 1. The number of methoxy groups -OCH3 is 1. The first kappa shape index (κ1) is 11.8. The summed E-state index contributed by atoms with van der Waals surface area (Å²) in [4.78, 5) is 2.66. The van der Waals surface area contributed by atoms with E-state index in [0.717, 1.165) is 22.1 Å². The lowest BCUT2D eigenvalue weighted by Crippen LogP contribution is -1.89. The predicted octanol–water partition coefficient (Wildman–Crippen LogP) is 3.51. The van der Waals surface area contributed by atoms with E-state index in [1.165, 1.54) is 0 Å². The first-order chi connectivity index (χ1) is 8.86. The Hall–Kier alpha value is -2.63. The average molecular weight is 237 g/mol. The molecule has 0 aliphatic heterocycles. The van der Waals surface area contributed by atoms with E-state index in [0.29, 0.717) is 0 Å². The minimum absolute atomic E-state index is 0.156. The first-order valence-corrected chi connectivity index (χ1v) is 5.42. The van der Waals surface area contributed by atoms with Crippen LogP contribution in [0.3, 0.4) is 0 Å². The van der Waals surface area contributed by atoms with Crippen molar-refractivity contribution in [2.75, 3.05) is 13.7 Å². The zero-order valence-electron chi connectivity index (χ0n) is 9.92. The third-order valence-electron chi connectivity index (χ3n) is 2.54. The summed E-state index contributed by atoms with van der Waals surface area (Å²) in [6, 6.07) is 11.8. The SMILES string of the molecule is COc1ccc2ccccc2c1C#CCN=[N+]=[N-]. The molecular formula is C14H11N3O. The summed E-state index contributed by atoms with van der Waals surface area (Å²) in [5, 5.41) is 5.52. The van der Waals surface area contributed by atoms with Crippen LogP contribution < -0.4 is 4.74 Å². The van der Waals surface area contributed by atoms with Crippen molar-refractivity contribution in [1.82, 2.24) is 0 Å². The maximum absolute atomic E-state index is 8.20. The normalized spacial score (nSPS) is 9.17. The Bertz CT molecular complexity index is 676. The fraction of sp³-hybridized carbons (Fsp3) is 0.143. The van der Waals surface area contributed by atoms with Gasteiger partial charge in [0.25, 0.3) is 0 Å². The van der Waals surface area contributed by atoms with Gasteiger partial charge in [-0.3, -0.25) is 0 Å². The van der Waals surface area contributed by atoms with E-state index in [9.17, 15) is 0 Å². The topological polar surface area (TPSA) is 58.0 Å². The van der Waals surface area contributed by atoms with Gasteiger partial charge in [-0.25, -0.2) is 0 Å². The summed E-state index contributed by atoms with van der Waals surface area (Å²) in [5.74, 6) is 6.55. The lowest BCUT2D eigenvalue weighted by Gasteiger charge is -2.06. The molecule has 88 valence electrons. The van der Waals surface area contributed by atoms with Crippen LogP contribution in [0.2, 0.25) is 0 Å². The van der Waals surface area contributed by atoms with E-state index in [1.807, 2.05) is 36.4 Å². The van der Waals surface area contributed by atoms with Gasteiger partial charge in [0.05, 0.1) is 19.2 Å². The van der Waals surface area contributed by atoms with Gasteiger partial charge in [0, 0.05) is 10.3 Å². The number of hydrogen-bond donors (Lipinski definition) is 0. The van der Waals surface area contributed by atoms with Crippen LogP contribution in [0.1, 0.15) is 5.56 Å². The predicted molar refractivity (Wildman–Crippen MR) is 71.4 cm³/mol. The second-order valence-corrected chi connectivity index (χ2v) is 3.55. The minimum Gasteiger partial charge on any atom is -0.495 e. The van der Waals surface area contributed by atoms with Gasteiger partial charge in [-0.1, -0.05) is 47.3 Å². The maximum atomic E-state index is 8.20. The number of nitrogens with zero attached hydrogens (tertiary/aromatic N) is 3. The van der Waals surface area contributed by atoms with E-state index in [2.05, 4.69) is 21.9 Å². The minimum atomic E-state index is 0.156. The largest absolute Gasteiger partial charge is 0.495 e. The smallest absolute Gasteiger partial charge is 0.135 e. The second kappa shape index (κ2) is 5.62. The number of fused-ring (bicyclic) bond motifs is 1. The summed E-state index contributed by atoms with van der Waals surface area (Å²) in [5.41, 5.74) is 9.02. The molecule has 0 saturated heterocycles. The lowest BCUT2D eigenvalue weighted by atomic mass is 10.0. The third kappa shape index (κ3) is 2.37. The number of rotatable bonds is 2. The van der Waals surface area contributed by atoms with Gasteiger partial charge in [0.1, 0.15) is 5.75 Å².